The lowest BCUT2D eigenvalue weighted by Crippen LogP contribution is -2.27. The number of benzene rings is 2. The van der Waals surface area contributed by atoms with Gasteiger partial charge in [-0.1, -0.05) is 11.6 Å². The van der Waals surface area contributed by atoms with E-state index in [2.05, 4.69) is 10.6 Å². The van der Waals surface area contributed by atoms with E-state index in [0.717, 1.165) is 0 Å². The van der Waals surface area contributed by atoms with Gasteiger partial charge in [0, 0.05) is 12.5 Å². The second kappa shape index (κ2) is 9.03. The maximum atomic E-state index is 13.0. The number of sulfone groups is 1. The lowest BCUT2D eigenvalue weighted by atomic mass is 10.2. The Labute approximate surface area is 184 Å². The molecule has 166 valence electrons. The SMILES string of the molecule is COc1cc(OC)c(NC(=O)C[C@@H](C)S(=O)(=O)c2ccc3c(c2)NC(=O)CO3)cc1Cl. The molecule has 2 N–H and O–H groups in total. The van der Waals surface area contributed by atoms with Crippen LogP contribution in [0, 0.1) is 0 Å². The molecule has 2 aromatic rings. The fourth-order valence-corrected chi connectivity index (χ4v) is 4.62. The molecule has 1 aliphatic rings. The molecule has 2 amide bonds. The van der Waals surface area contributed by atoms with Crippen LogP contribution in [0.5, 0.6) is 17.2 Å². The number of anilines is 2. The van der Waals surface area contributed by atoms with Gasteiger partial charge < -0.3 is 24.8 Å². The third-order valence-electron chi connectivity index (χ3n) is 4.66. The number of carbonyl (C=O) groups is 2. The van der Waals surface area contributed by atoms with Crippen LogP contribution in [0.25, 0.3) is 0 Å². The molecule has 1 heterocycles. The van der Waals surface area contributed by atoms with Gasteiger partial charge in [-0.25, -0.2) is 8.42 Å². The number of carbonyl (C=O) groups excluding carboxylic acids is 2. The van der Waals surface area contributed by atoms with Crippen LogP contribution in [0.1, 0.15) is 13.3 Å². The Balaban J connectivity index is 1.76. The van der Waals surface area contributed by atoms with Gasteiger partial charge in [-0.05, 0) is 31.2 Å². The van der Waals surface area contributed by atoms with Gasteiger partial charge >= 0.3 is 0 Å². The molecular formula is C20H21ClN2O7S. The number of amides is 2. The molecule has 1 atom stereocenters. The van der Waals surface area contributed by atoms with Crippen LogP contribution in [0.4, 0.5) is 11.4 Å². The van der Waals surface area contributed by atoms with E-state index in [1.807, 2.05) is 0 Å². The molecule has 3 rings (SSSR count). The van der Waals surface area contributed by atoms with E-state index in [1.54, 1.807) is 0 Å². The van der Waals surface area contributed by atoms with E-state index >= 15 is 0 Å². The summed E-state index contributed by atoms with van der Waals surface area (Å²) in [5.41, 5.74) is 0.558. The first kappa shape index (κ1) is 22.7. The van der Waals surface area contributed by atoms with Gasteiger partial charge in [0.05, 0.1) is 40.8 Å². The summed E-state index contributed by atoms with van der Waals surface area (Å²) in [5.74, 6) is 0.158. The van der Waals surface area contributed by atoms with Crippen molar-refractivity contribution >= 4 is 44.6 Å². The fraction of sp³-hybridized carbons (Fsp3) is 0.300. The highest BCUT2D eigenvalue weighted by molar-refractivity contribution is 7.92. The number of nitrogens with one attached hydrogen (secondary N) is 2. The summed E-state index contributed by atoms with van der Waals surface area (Å²) in [6.07, 6.45) is -0.310. The highest BCUT2D eigenvalue weighted by atomic mass is 35.5. The molecule has 0 fully saturated rings. The topological polar surface area (TPSA) is 120 Å². The van der Waals surface area contributed by atoms with Crippen molar-refractivity contribution in [3.8, 4) is 17.2 Å². The molecule has 2 aromatic carbocycles. The maximum absolute atomic E-state index is 13.0. The van der Waals surface area contributed by atoms with Gasteiger partial charge in [0.25, 0.3) is 5.91 Å². The van der Waals surface area contributed by atoms with Crippen LogP contribution in [0.3, 0.4) is 0 Å². The van der Waals surface area contributed by atoms with Crippen LogP contribution >= 0.6 is 11.6 Å². The smallest absolute Gasteiger partial charge is 0.262 e. The average Bonchev–Trinajstić information content (AvgIpc) is 2.73. The number of rotatable bonds is 7. The molecule has 1 aliphatic heterocycles. The maximum Gasteiger partial charge on any atom is 0.262 e. The Morgan fingerprint density at radius 2 is 1.94 bits per heavy atom. The van der Waals surface area contributed by atoms with E-state index < -0.39 is 21.0 Å². The highest BCUT2D eigenvalue weighted by Gasteiger charge is 2.28. The molecule has 0 saturated heterocycles. The Kier molecular flexibility index (Phi) is 6.61. The minimum absolute atomic E-state index is 0.0255. The molecule has 0 bridgehead atoms. The van der Waals surface area contributed by atoms with Crippen molar-refractivity contribution in [2.45, 2.75) is 23.5 Å². The molecule has 0 radical (unpaired) electrons. The van der Waals surface area contributed by atoms with Crippen molar-refractivity contribution < 1.29 is 32.2 Å². The van der Waals surface area contributed by atoms with Crippen LogP contribution < -0.4 is 24.8 Å². The summed E-state index contributed by atoms with van der Waals surface area (Å²) in [6.45, 7) is 1.30. The number of halogens is 1. The van der Waals surface area contributed by atoms with E-state index in [-0.39, 0.29) is 40.2 Å². The number of fused-ring (bicyclic) bond motifs is 1. The van der Waals surface area contributed by atoms with Crippen molar-refractivity contribution in [2.75, 3.05) is 31.5 Å². The molecular weight excluding hydrogens is 448 g/mol. The zero-order chi connectivity index (χ0) is 22.8. The molecule has 11 heteroatoms. The summed E-state index contributed by atoms with van der Waals surface area (Å²) in [4.78, 5) is 24.0. The molecule has 0 aliphatic carbocycles. The fourth-order valence-electron chi connectivity index (χ4n) is 3.00. The zero-order valence-electron chi connectivity index (χ0n) is 17.0. The van der Waals surface area contributed by atoms with Gasteiger partial charge in [-0.15, -0.1) is 0 Å². The number of ether oxygens (including phenoxy) is 3. The van der Waals surface area contributed by atoms with Crippen molar-refractivity contribution in [3.63, 3.8) is 0 Å². The number of methoxy groups -OCH3 is 2. The summed E-state index contributed by atoms with van der Waals surface area (Å²) >= 11 is 6.10. The van der Waals surface area contributed by atoms with Gasteiger partial charge in [0.15, 0.2) is 16.4 Å². The van der Waals surface area contributed by atoms with Crippen molar-refractivity contribution in [3.05, 3.63) is 35.4 Å². The molecule has 0 unspecified atom stereocenters. The quantitative estimate of drug-likeness (QED) is 0.641. The van der Waals surface area contributed by atoms with E-state index in [1.165, 1.54) is 51.5 Å². The standard InChI is InChI=1S/C20H21ClN2O7S/c1-11(6-19(24)22-15-8-13(21)17(28-2)9-18(15)29-3)31(26,27)12-4-5-16-14(7-12)23-20(25)10-30-16/h4-5,7-9,11H,6,10H2,1-3H3,(H,22,24)(H,23,25)/t11-/m1/s1. The zero-order valence-corrected chi connectivity index (χ0v) is 18.6. The molecule has 9 nitrogen and oxygen atoms in total. The van der Waals surface area contributed by atoms with Crippen molar-refractivity contribution in [1.29, 1.82) is 0 Å². The Bertz CT molecular complexity index is 1130. The van der Waals surface area contributed by atoms with Crippen LogP contribution in [-0.2, 0) is 19.4 Å². The van der Waals surface area contributed by atoms with Crippen molar-refractivity contribution in [1.82, 2.24) is 0 Å². The minimum atomic E-state index is -3.86. The molecule has 0 saturated carbocycles. The number of hydrogen-bond donors (Lipinski definition) is 2. The van der Waals surface area contributed by atoms with Gasteiger partial charge in [0.1, 0.15) is 17.2 Å². The van der Waals surface area contributed by atoms with E-state index in [9.17, 15) is 18.0 Å². The van der Waals surface area contributed by atoms with Gasteiger partial charge in [-0.3, -0.25) is 9.59 Å². The Morgan fingerprint density at radius 1 is 1.23 bits per heavy atom. The first-order valence-corrected chi connectivity index (χ1v) is 11.1. The van der Waals surface area contributed by atoms with E-state index in [0.29, 0.717) is 17.2 Å². The summed E-state index contributed by atoms with van der Waals surface area (Å²) in [7, 11) is -0.988. The second-order valence-corrected chi connectivity index (χ2v) is 9.56. The van der Waals surface area contributed by atoms with Crippen LogP contribution in [0.2, 0.25) is 5.02 Å². The van der Waals surface area contributed by atoms with Crippen molar-refractivity contribution in [2.24, 2.45) is 0 Å². The molecule has 0 spiro atoms. The average molecular weight is 469 g/mol. The Hall–Kier alpha value is -2.98. The summed E-state index contributed by atoms with van der Waals surface area (Å²) in [6, 6.07) is 7.15. The first-order chi connectivity index (χ1) is 14.6. The lowest BCUT2D eigenvalue weighted by Gasteiger charge is -2.20. The van der Waals surface area contributed by atoms with Crippen LogP contribution in [0.15, 0.2) is 35.2 Å². The Morgan fingerprint density at radius 3 is 2.61 bits per heavy atom. The predicted molar refractivity (Wildman–Crippen MR) is 115 cm³/mol. The van der Waals surface area contributed by atoms with E-state index in [4.69, 9.17) is 25.8 Å². The predicted octanol–water partition coefficient (Wildman–Crippen LogP) is 2.88. The normalized spacial score (nSPS) is 14.0. The molecule has 0 aromatic heterocycles. The summed E-state index contributed by atoms with van der Waals surface area (Å²) < 4.78 is 41.5. The molecule has 31 heavy (non-hydrogen) atoms. The summed E-state index contributed by atoms with van der Waals surface area (Å²) in [5, 5.41) is 4.41. The number of hydrogen-bond acceptors (Lipinski definition) is 7. The second-order valence-electron chi connectivity index (χ2n) is 6.79. The largest absolute Gasteiger partial charge is 0.495 e. The van der Waals surface area contributed by atoms with Crippen LogP contribution in [-0.4, -0.2) is 46.3 Å². The first-order valence-electron chi connectivity index (χ1n) is 9.17. The third-order valence-corrected chi connectivity index (χ3v) is 7.10. The van der Waals surface area contributed by atoms with Gasteiger partial charge in [-0.2, -0.15) is 0 Å². The minimum Gasteiger partial charge on any atom is -0.495 e. The third kappa shape index (κ3) is 4.86. The van der Waals surface area contributed by atoms with Gasteiger partial charge in [0.2, 0.25) is 5.91 Å². The monoisotopic (exact) mass is 468 g/mol. The highest BCUT2D eigenvalue weighted by Crippen LogP contribution is 2.36. The lowest BCUT2D eigenvalue weighted by molar-refractivity contribution is -0.118.